The van der Waals surface area contributed by atoms with E-state index in [1.165, 1.54) is 24.3 Å². The maximum Gasteiger partial charge on any atom is 0.269 e. The van der Waals surface area contributed by atoms with Crippen LogP contribution in [0.1, 0.15) is 0 Å². The van der Waals surface area contributed by atoms with Gasteiger partial charge in [0.1, 0.15) is 0 Å². The molecule has 1 aliphatic rings. The summed E-state index contributed by atoms with van der Waals surface area (Å²) in [6, 6.07) is 12.6. The predicted octanol–water partition coefficient (Wildman–Crippen LogP) is 3.17. The summed E-state index contributed by atoms with van der Waals surface area (Å²) < 4.78 is 10.3. The molecule has 2 aromatic rings. The van der Waals surface area contributed by atoms with Crippen LogP contribution in [0.25, 0.3) is 0 Å². The second-order valence-electron chi connectivity index (χ2n) is 6.39. The van der Waals surface area contributed by atoms with E-state index in [0.717, 1.165) is 11.4 Å². The molecule has 0 saturated carbocycles. The van der Waals surface area contributed by atoms with E-state index in [2.05, 4.69) is 20.0 Å². The largest absolute Gasteiger partial charge is 0.366 e. The summed E-state index contributed by atoms with van der Waals surface area (Å²) >= 11 is 5.07. The van der Waals surface area contributed by atoms with Crippen molar-refractivity contribution in [3.63, 3.8) is 0 Å². The van der Waals surface area contributed by atoms with E-state index >= 15 is 0 Å². The third kappa shape index (κ3) is 5.54. The Balaban J connectivity index is 1.79. The highest BCUT2D eigenvalue weighted by Crippen LogP contribution is 2.54. The number of nitrogens with zero attached hydrogens (tertiary/aromatic N) is 4. The number of nitro groups is 2. The molecule has 1 heterocycles. The number of hydrogen-bond donors (Lipinski definition) is 2. The van der Waals surface area contributed by atoms with Crippen molar-refractivity contribution in [3.05, 3.63) is 68.8 Å². The van der Waals surface area contributed by atoms with Gasteiger partial charge in [-0.05, 0) is 36.5 Å². The second-order valence-corrected chi connectivity index (χ2v) is 8.52. The lowest BCUT2D eigenvalue weighted by Gasteiger charge is -2.30. The monoisotopic (exact) mass is 464 g/mol. The lowest BCUT2D eigenvalue weighted by molar-refractivity contribution is -0.385. The van der Waals surface area contributed by atoms with Gasteiger partial charge in [0.05, 0.1) is 16.5 Å². The Bertz CT molecular complexity index is 880. The van der Waals surface area contributed by atoms with Crippen molar-refractivity contribution < 1.29 is 14.4 Å². The number of anilines is 2. The number of thiocarbonyl (C=S) groups is 1. The van der Waals surface area contributed by atoms with Crippen molar-refractivity contribution >= 4 is 48.5 Å². The zero-order valence-electron chi connectivity index (χ0n) is 16.6. The standard InChI is InChI=1S/C18H21N6O5PS/c1-19-18(31)20-10-13-29-30-21(14-2-6-16(7-3-14)23(25)26)11-12-22(30)15-4-8-17(9-5-15)24(27)28/h2-9H,10-13H2,1H3,(H2,19,20,31). The number of nitro benzene ring substituents is 2. The van der Waals surface area contributed by atoms with Gasteiger partial charge < -0.3 is 24.5 Å². The Morgan fingerprint density at radius 2 is 1.45 bits per heavy atom. The van der Waals surface area contributed by atoms with Gasteiger partial charge >= 0.3 is 0 Å². The molecular formula is C18H21N6O5PS. The van der Waals surface area contributed by atoms with Crippen molar-refractivity contribution in [2.24, 2.45) is 0 Å². The minimum Gasteiger partial charge on any atom is -0.366 e. The van der Waals surface area contributed by atoms with Crippen LogP contribution in [-0.2, 0) is 4.52 Å². The fourth-order valence-electron chi connectivity index (χ4n) is 2.96. The molecule has 1 aliphatic heterocycles. The Morgan fingerprint density at radius 3 is 1.84 bits per heavy atom. The number of non-ortho nitro benzene ring substituents is 2. The average molecular weight is 464 g/mol. The summed E-state index contributed by atoms with van der Waals surface area (Å²) in [5, 5.41) is 28.3. The molecule has 11 nitrogen and oxygen atoms in total. The lowest BCUT2D eigenvalue weighted by atomic mass is 10.3. The Morgan fingerprint density at radius 1 is 1.00 bits per heavy atom. The van der Waals surface area contributed by atoms with E-state index in [9.17, 15) is 20.2 Å². The molecule has 0 bridgehead atoms. The van der Waals surface area contributed by atoms with Gasteiger partial charge in [0.25, 0.3) is 11.4 Å². The molecule has 164 valence electrons. The van der Waals surface area contributed by atoms with E-state index in [-0.39, 0.29) is 11.4 Å². The topological polar surface area (TPSA) is 126 Å². The smallest absolute Gasteiger partial charge is 0.269 e. The Kier molecular flexibility index (Phi) is 7.50. The zero-order valence-corrected chi connectivity index (χ0v) is 18.3. The summed E-state index contributed by atoms with van der Waals surface area (Å²) in [4.78, 5) is 21.0. The fraction of sp³-hybridized carbons (Fsp3) is 0.278. The maximum absolute atomic E-state index is 11.0. The molecule has 2 N–H and O–H groups in total. The van der Waals surface area contributed by atoms with Crippen LogP contribution in [0.3, 0.4) is 0 Å². The quantitative estimate of drug-likeness (QED) is 0.198. The van der Waals surface area contributed by atoms with Gasteiger partial charge in [-0.1, -0.05) is 0 Å². The second kappa shape index (κ2) is 10.3. The van der Waals surface area contributed by atoms with E-state index in [1.54, 1.807) is 31.3 Å². The normalized spacial score (nSPS) is 13.8. The van der Waals surface area contributed by atoms with Gasteiger partial charge in [-0.25, -0.2) is 0 Å². The van der Waals surface area contributed by atoms with Crippen molar-refractivity contribution in [1.82, 2.24) is 10.6 Å². The summed E-state index contributed by atoms with van der Waals surface area (Å²) in [7, 11) is 0.440. The maximum atomic E-state index is 11.0. The van der Waals surface area contributed by atoms with Crippen molar-refractivity contribution in [3.8, 4) is 0 Å². The van der Waals surface area contributed by atoms with Crippen LogP contribution >= 0.6 is 20.7 Å². The number of nitrogens with one attached hydrogen (secondary N) is 2. The average Bonchev–Trinajstić information content (AvgIpc) is 3.20. The zero-order chi connectivity index (χ0) is 22.4. The molecule has 0 aromatic heterocycles. The van der Waals surface area contributed by atoms with Gasteiger partial charge in [-0.3, -0.25) is 20.2 Å². The summed E-state index contributed by atoms with van der Waals surface area (Å²) in [6.07, 6.45) is 0. The first-order chi connectivity index (χ1) is 14.9. The molecule has 1 fully saturated rings. The van der Waals surface area contributed by atoms with Crippen LogP contribution in [0.4, 0.5) is 22.7 Å². The van der Waals surface area contributed by atoms with E-state index in [0.29, 0.717) is 31.4 Å². The van der Waals surface area contributed by atoms with Crippen molar-refractivity contribution in [2.75, 3.05) is 42.6 Å². The lowest BCUT2D eigenvalue weighted by Crippen LogP contribution is -2.34. The molecule has 0 unspecified atom stereocenters. The molecule has 31 heavy (non-hydrogen) atoms. The van der Waals surface area contributed by atoms with Crippen LogP contribution in [0, 0.1) is 20.2 Å². The van der Waals surface area contributed by atoms with Crippen LogP contribution in [-0.4, -0.2) is 48.2 Å². The molecule has 0 radical (unpaired) electrons. The van der Waals surface area contributed by atoms with Crippen LogP contribution in [0.2, 0.25) is 0 Å². The first-order valence-electron chi connectivity index (χ1n) is 9.33. The summed E-state index contributed by atoms with van der Waals surface area (Å²) in [6.45, 7) is 2.16. The molecule has 2 aromatic carbocycles. The molecule has 0 aliphatic carbocycles. The Labute approximate surface area is 185 Å². The van der Waals surface area contributed by atoms with E-state index < -0.39 is 18.3 Å². The van der Waals surface area contributed by atoms with Crippen molar-refractivity contribution in [1.29, 1.82) is 0 Å². The van der Waals surface area contributed by atoms with Crippen LogP contribution in [0.5, 0.6) is 0 Å². The first kappa shape index (κ1) is 22.6. The van der Waals surface area contributed by atoms with Gasteiger partial charge in [-0.2, -0.15) is 0 Å². The minimum atomic E-state index is -1.29. The highest BCUT2D eigenvalue weighted by Gasteiger charge is 2.35. The Hall–Kier alpha value is -3.08. The SMILES string of the molecule is CNC(=S)NCCOP1N(c2ccc([N+](=O)[O-])cc2)CCN1c1ccc([N+](=O)[O-])cc1. The fourth-order valence-corrected chi connectivity index (χ4v) is 5.04. The number of benzene rings is 2. The molecule has 0 spiro atoms. The highest BCUT2D eigenvalue weighted by atomic mass is 32.1. The van der Waals surface area contributed by atoms with Gasteiger partial charge in [0.15, 0.2) is 5.11 Å². The predicted molar refractivity (Wildman–Crippen MR) is 123 cm³/mol. The van der Waals surface area contributed by atoms with E-state index in [1.807, 2.05) is 0 Å². The molecule has 0 atom stereocenters. The minimum absolute atomic E-state index is 0.0187. The molecule has 0 amide bonds. The molecule has 3 rings (SSSR count). The highest BCUT2D eigenvalue weighted by molar-refractivity contribution is 7.80. The number of hydrogen-bond acceptors (Lipinski definition) is 8. The van der Waals surface area contributed by atoms with Crippen molar-refractivity contribution in [2.45, 2.75) is 0 Å². The first-order valence-corrected chi connectivity index (χ1v) is 10.9. The van der Waals surface area contributed by atoms with Gasteiger partial charge in [0.2, 0.25) is 8.45 Å². The molecule has 1 saturated heterocycles. The number of rotatable bonds is 8. The van der Waals surface area contributed by atoms with Crippen LogP contribution < -0.4 is 20.0 Å². The molecule has 13 heteroatoms. The third-order valence-electron chi connectivity index (χ3n) is 4.48. The van der Waals surface area contributed by atoms with E-state index in [4.69, 9.17) is 16.7 Å². The summed E-state index contributed by atoms with van der Waals surface area (Å²) in [5.41, 5.74) is 1.65. The summed E-state index contributed by atoms with van der Waals surface area (Å²) in [5.74, 6) is 0. The van der Waals surface area contributed by atoms with Gasteiger partial charge in [0, 0.05) is 62.3 Å². The van der Waals surface area contributed by atoms with Crippen LogP contribution in [0.15, 0.2) is 48.5 Å². The van der Waals surface area contributed by atoms with Gasteiger partial charge in [-0.15, -0.1) is 0 Å². The molecular weight excluding hydrogens is 443 g/mol. The third-order valence-corrected chi connectivity index (χ3v) is 6.93.